The van der Waals surface area contributed by atoms with Gasteiger partial charge in [0.1, 0.15) is 0 Å². The predicted molar refractivity (Wildman–Crippen MR) is 113 cm³/mol. The number of rotatable bonds is 0. The normalized spacial score (nSPS) is 10.5. The molecule has 0 saturated heterocycles. The SMILES string of the molecule is CC(C)=c1c(=C(C)C)c(=C(C)C)c(=C(C)C)c(=C(C)C)c1=C(C)C. The van der Waals surface area contributed by atoms with Gasteiger partial charge in [-0.25, -0.2) is 0 Å². The van der Waals surface area contributed by atoms with Crippen LogP contribution in [0.4, 0.5) is 0 Å². The number of hydrogen-bond acceptors (Lipinski definition) is 0. The Hall–Kier alpha value is -1.56. The summed E-state index contributed by atoms with van der Waals surface area (Å²) in [4.78, 5) is 0. The quantitative estimate of drug-likeness (QED) is 0.688. The van der Waals surface area contributed by atoms with Crippen molar-refractivity contribution in [3.05, 3.63) is 31.3 Å². The molecule has 0 heterocycles. The maximum atomic E-state index is 2.25. The number of benzene rings is 1. The van der Waals surface area contributed by atoms with Crippen molar-refractivity contribution in [1.82, 2.24) is 0 Å². The Labute approximate surface area is 148 Å². The van der Waals surface area contributed by atoms with E-state index in [2.05, 4.69) is 83.1 Å². The second-order valence-electron chi connectivity index (χ2n) is 8.25. The summed E-state index contributed by atoms with van der Waals surface area (Å²) in [6.45, 7) is 27.0. The summed E-state index contributed by atoms with van der Waals surface area (Å²) in [6, 6.07) is 0. The first-order valence-electron chi connectivity index (χ1n) is 9.00. The zero-order valence-corrected chi connectivity index (χ0v) is 18.0. The molecule has 0 unspecified atom stereocenters. The van der Waals surface area contributed by atoms with E-state index in [1.807, 2.05) is 0 Å². The van der Waals surface area contributed by atoms with E-state index in [4.69, 9.17) is 0 Å². The molecule has 0 aliphatic carbocycles. The zero-order valence-electron chi connectivity index (χ0n) is 18.0. The van der Waals surface area contributed by atoms with E-state index in [-0.39, 0.29) is 0 Å². The third kappa shape index (κ3) is 3.58. The van der Waals surface area contributed by atoms with Gasteiger partial charge in [-0.1, -0.05) is 33.4 Å². The molecule has 1 aromatic carbocycles. The van der Waals surface area contributed by atoms with E-state index in [0.717, 1.165) is 0 Å². The third-order valence-electron chi connectivity index (χ3n) is 4.50. The summed E-state index contributed by atoms with van der Waals surface area (Å²) in [5.74, 6) is 0. The zero-order chi connectivity index (χ0) is 18.9. The minimum absolute atomic E-state index is 1.40. The molecule has 0 bridgehead atoms. The highest BCUT2D eigenvalue weighted by Crippen LogP contribution is 1.90. The van der Waals surface area contributed by atoms with E-state index in [9.17, 15) is 0 Å². The standard InChI is InChI=1S/C24H36/c1-13(2)19-20(14(3)4)22(16(7)8)24(18(11)12)23(17(9)10)21(19)15(5)6/h1-12H3. The second-order valence-corrected chi connectivity index (χ2v) is 8.25. The Morgan fingerprint density at radius 3 is 0.375 bits per heavy atom. The second kappa shape index (κ2) is 7.55. The lowest BCUT2D eigenvalue weighted by Gasteiger charge is -2.11. The molecule has 0 aromatic heterocycles. The Morgan fingerprint density at radius 1 is 0.250 bits per heavy atom. The van der Waals surface area contributed by atoms with Gasteiger partial charge < -0.3 is 0 Å². The number of hydrogen-bond donors (Lipinski definition) is 0. The van der Waals surface area contributed by atoms with Crippen LogP contribution < -0.4 is 31.3 Å². The maximum Gasteiger partial charge on any atom is -0.0114 e. The molecule has 132 valence electrons. The van der Waals surface area contributed by atoms with E-state index in [0.29, 0.717) is 0 Å². The Morgan fingerprint density at radius 2 is 0.333 bits per heavy atom. The van der Waals surface area contributed by atoms with Crippen LogP contribution in [0.5, 0.6) is 0 Å². The smallest absolute Gasteiger partial charge is 0.0114 e. The first-order chi connectivity index (χ1) is 10.9. The van der Waals surface area contributed by atoms with E-state index in [1.54, 1.807) is 0 Å². The molecule has 24 heavy (non-hydrogen) atoms. The van der Waals surface area contributed by atoms with Gasteiger partial charge in [0, 0.05) is 0 Å². The van der Waals surface area contributed by atoms with Crippen molar-refractivity contribution >= 4 is 33.4 Å². The molecule has 0 atom stereocenters. The molecule has 0 heteroatoms. The van der Waals surface area contributed by atoms with Gasteiger partial charge in [0.25, 0.3) is 0 Å². The van der Waals surface area contributed by atoms with Crippen molar-refractivity contribution < 1.29 is 0 Å². The molecule has 0 nitrogen and oxygen atoms in total. The Kier molecular flexibility index (Phi) is 6.45. The van der Waals surface area contributed by atoms with Gasteiger partial charge in [-0.2, -0.15) is 0 Å². The van der Waals surface area contributed by atoms with Crippen LogP contribution in [0.1, 0.15) is 83.1 Å². The molecular formula is C24H36. The van der Waals surface area contributed by atoms with Gasteiger partial charge in [0.15, 0.2) is 0 Å². The lowest BCUT2D eigenvalue weighted by molar-refractivity contribution is 1.19. The van der Waals surface area contributed by atoms with Gasteiger partial charge in [-0.05, 0) is 114 Å². The highest BCUT2D eigenvalue weighted by Gasteiger charge is 2.07. The van der Waals surface area contributed by atoms with Crippen LogP contribution in [0.25, 0.3) is 33.4 Å². The average molecular weight is 325 g/mol. The molecule has 1 rings (SSSR count). The monoisotopic (exact) mass is 324 g/mol. The van der Waals surface area contributed by atoms with Crippen molar-refractivity contribution in [1.29, 1.82) is 0 Å². The minimum atomic E-state index is 1.40. The lowest BCUT2D eigenvalue weighted by Crippen LogP contribution is -2.67. The maximum absolute atomic E-state index is 2.25. The minimum Gasteiger partial charge on any atom is -0.0679 e. The van der Waals surface area contributed by atoms with Crippen molar-refractivity contribution in [2.75, 3.05) is 0 Å². The summed E-state index contributed by atoms with van der Waals surface area (Å²) in [7, 11) is 0. The first-order valence-corrected chi connectivity index (χ1v) is 9.00. The molecule has 0 aliphatic rings. The van der Waals surface area contributed by atoms with E-state index in [1.165, 1.54) is 64.8 Å². The molecule has 0 saturated carbocycles. The highest BCUT2D eigenvalue weighted by atomic mass is 14.1. The van der Waals surface area contributed by atoms with E-state index < -0.39 is 0 Å². The average Bonchev–Trinajstić information content (AvgIpc) is 2.42. The van der Waals surface area contributed by atoms with Crippen LogP contribution in [0.2, 0.25) is 0 Å². The fourth-order valence-electron chi connectivity index (χ4n) is 3.75. The molecule has 1 aromatic rings. The van der Waals surface area contributed by atoms with Gasteiger partial charge in [-0.3, -0.25) is 0 Å². The topological polar surface area (TPSA) is 0 Å². The molecular weight excluding hydrogens is 288 g/mol. The molecule has 0 spiro atoms. The van der Waals surface area contributed by atoms with Crippen LogP contribution >= 0.6 is 0 Å². The van der Waals surface area contributed by atoms with Crippen LogP contribution in [-0.4, -0.2) is 0 Å². The van der Waals surface area contributed by atoms with Crippen molar-refractivity contribution in [2.24, 2.45) is 0 Å². The summed E-state index contributed by atoms with van der Waals surface area (Å²) in [5, 5.41) is 8.62. The van der Waals surface area contributed by atoms with Crippen molar-refractivity contribution in [3.63, 3.8) is 0 Å². The van der Waals surface area contributed by atoms with Gasteiger partial charge in [0.05, 0.1) is 0 Å². The summed E-state index contributed by atoms with van der Waals surface area (Å²) >= 11 is 0. The fourth-order valence-corrected chi connectivity index (χ4v) is 3.75. The lowest BCUT2D eigenvalue weighted by atomic mass is 9.93. The summed E-state index contributed by atoms with van der Waals surface area (Å²) in [5.41, 5.74) is 8.38. The van der Waals surface area contributed by atoms with Crippen molar-refractivity contribution in [2.45, 2.75) is 83.1 Å². The van der Waals surface area contributed by atoms with E-state index >= 15 is 0 Å². The largest absolute Gasteiger partial charge is 0.0679 e. The Balaban J connectivity index is 5.31. The Bertz CT molecular complexity index is 752. The van der Waals surface area contributed by atoms with Crippen LogP contribution in [0.15, 0.2) is 0 Å². The molecule has 0 radical (unpaired) electrons. The van der Waals surface area contributed by atoms with Gasteiger partial charge in [0.2, 0.25) is 0 Å². The van der Waals surface area contributed by atoms with Crippen LogP contribution in [0, 0.1) is 0 Å². The highest BCUT2D eigenvalue weighted by molar-refractivity contribution is 5.59. The molecule has 0 amide bonds. The summed E-state index contributed by atoms with van der Waals surface area (Å²) < 4.78 is 0. The van der Waals surface area contributed by atoms with Crippen molar-refractivity contribution in [3.8, 4) is 0 Å². The molecule has 0 fully saturated rings. The van der Waals surface area contributed by atoms with Gasteiger partial charge in [-0.15, -0.1) is 0 Å². The van der Waals surface area contributed by atoms with Crippen LogP contribution in [0.3, 0.4) is 0 Å². The predicted octanol–water partition coefficient (Wildman–Crippen LogP) is 2.83. The summed E-state index contributed by atoms with van der Waals surface area (Å²) in [6.07, 6.45) is 0. The molecule has 0 N–H and O–H groups in total. The molecule has 0 aliphatic heterocycles. The first kappa shape index (κ1) is 20.5. The third-order valence-corrected chi connectivity index (χ3v) is 4.50. The van der Waals surface area contributed by atoms with Crippen LogP contribution in [-0.2, 0) is 0 Å². The van der Waals surface area contributed by atoms with Gasteiger partial charge >= 0.3 is 0 Å². The fraction of sp³-hybridized carbons (Fsp3) is 0.500.